The van der Waals surface area contributed by atoms with Crippen LogP contribution in [0.2, 0.25) is 0 Å². The average molecular weight is 278 g/mol. The maximum atomic E-state index is 11.6. The molecule has 0 heterocycles. The topological polar surface area (TPSA) is 67.4 Å². The molecule has 0 aliphatic heterocycles. The van der Waals surface area contributed by atoms with Crippen LogP contribution in [0, 0.1) is 6.92 Å². The zero-order valence-electron chi connectivity index (χ0n) is 12.1. The van der Waals surface area contributed by atoms with Gasteiger partial charge in [-0.25, -0.2) is 0 Å². The molecule has 0 spiro atoms. The van der Waals surface area contributed by atoms with E-state index in [0.29, 0.717) is 6.54 Å². The standard InChI is InChI=1S/C15H22N2O3/c1-3-4-9-16-14(18)10-20-11-15(19)17-13-7-5-12(2)6-8-13/h5-8H,3-4,9-11H2,1-2H3,(H,16,18)(H,17,19). The monoisotopic (exact) mass is 278 g/mol. The lowest BCUT2D eigenvalue weighted by Crippen LogP contribution is -2.30. The van der Waals surface area contributed by atoms with E-state index in [9.17, 15) is 9.59 Å². The van der Waals surface area contributed by atoms with Crippen LogP contribution < -0.4 is 10.6 Å². The van der Waals surface area contributed by atoms with Crippen molar-refractivity contribution in [3.8, 4) is 0 Å². The Morgan fingerprint density at radius 1 is 1.10 bits per heavy atom. The number of benzene rings is 1. The van der Waals surface area contributed by atoms with Gasteiger partial charge in [0, 0.05) is 12.2 Å². The number of carbonyl (C=O) groups excluding carboxylic acids is 2. The largest absolute Gasteiger partial charge is 0.362 e. The fraction of sp³-hybridized carbons (Fsp3) is 0.467. The van der Waals surface area contributed by atoms with Crippen LogP contribution >= 0.6 is 0 Å². The fourth-order valence-electron chi connectivity index (χ4n) is 1.53. The van der Waals surface area contributed by atoms with Gasteiger partial charge in [0.1, 0.15) is 13.2 Å². The van der Waals surface area contributed by atoms with Gasteiger partial charge in [-0.05, 0) is 25.5 Å². The molecule has 5 nitrogen and oxygen atoms in total. The lowest BCUT2D eigenvalue weighted by atomic mass is 10.2. The Morgan fingerprint density at radius 3 is 2.40 bits per heavy atom. The number of ether oxygens (including phenoxy) is 1. The van der Waals surface area contributed by atoms with Gasteiger partial charge in [0.2, 0.25) is 11.8 Å². The van der Waals surface area contributed by atoms with Gasteiger partial charge in [-0.2, -0.15) is 0 Å². The van der Waals surface area contributed by atoms with Crippen molar-refractivity contribution in [2.45, 2.75) is 26.7 Å². The van der Waals surface area contributed by atoms with Gasteiger partial charge >= 0.3 is 0 Å². The van der Waals surface area contributed by atoms with Crippen LogP contribution in [0.1, 0.15) is 25.3 Å². The minimum absolute atomic E-state index is 0.0922. The number of rotatable bonds is 8. The van der Waals surface area contributed by atoms with Crippen LogP contribution in [0.4, 0.5) is 5.69 Å². The molecule has 2 N–H and O–H groups in total. The molecule has 0 unspecified atom stereocenters. The smallest absolute Gasteiger partial charge is 0.250 e. The van der Waals surface area contributed by atoms with E-state index in [4.69, 9.17) is 4.74 Å². The Labute approximate surface area is 119 Å². The molecule has 0 fully saturated rings. The van der Waals surface area contributed by atoms with Crippen LogP contribution in [0.3, 0.4) is 0 Å². The number of hydrogen-bond acceptors (Lipinski definition) is 3. The average Bonchev–Trinajstić information content (AvgIpc) is 2.42. The first kappa shape index (κ1) is 16.2. The Hall–Kier alpha value is -1.88. The van der Waals surface area contributed by atoms with Crippen molar-refractivity contribution in [1.29, 1.82) is 0 Å². The summed E-state index contributed by atoms with van der Waals surface area (Å²) in [4.78, 5) is 22.9. The predicted octanol–water partition coefficient (Wildman–Crippen LogP) is 1.87. The molecule has 1 rings (SSSR count). The molecule has 2 amide bonds. The number of amides is 2. The Bertz CT molecular complexity index is 429. The van der Waals surface area contributed by atoms with E-state index in [-0.39, 0.29) is 25.0 Å². The molecule has 1 aromatic rings. The van der Waals surface area contributed by atoms with E-state index in [1.165, 1.54) is 0 Å². The van der Waals surface area contributed by atoms with Crippen molar-refractivity contribution >= 4 is 17.5 Å². The summed E-state index contributed by atoms with van der Waals surface area (Å²) in [6.45, 7) is 4.46. The van der Waals surface area contributed by atoms with Crippen LogP contribution in [-0.2, 0) is 14.3 Å². The number of unbranched alkanes of at least 4 members (excludes halogenated alkanes) is 1. The Kier molecular flexibility index (Phi) is 7.35. The number of carbonyl (C=O) groups is 2. The highest BCUT2D eigenvalue weighted by molar-refractivity contribution is 5.91. The third-order valence-corrected chi connectivity index (χ3v) is 2.65. The van der Waals surface area contributed by atoms with Crippen molar-refractivity contribution in [2.24, 2.45) is 0 Å². The van der Waals surface area contributed by atoms with Crippen LogP contribution in [0.25, 0.3) is 0 Å². The second-order valence-corrected chi connectivity index (χ2v) is 4.61. The highest BCUT2D eigenvalue weighted by Gasteiger charge is 2.05. The van der Waals surface area contributed by atoms with Gasteiger partial charge < -0.3 is 15.4 Å². The number of aryl methyl sites for hydroxylation is 1. The summed E-state index contributed by atoms with van der Waals surface area (Å²) < 4.78 is 5.06. The molecule has 0 aliphatic carbocycles. The first-order valence-corrected chi connectivity index (χ1v) is 6.82. The summed E-state index contributed by atoms with van der Waals surface area (Å²) >= 11 is 0. The molecule has 0 saturated heterocycles. The molecule has 0 aromatic heterocycles. The van der Waals surface area contributed by atoms with Gasteiger partial charge in [-0.3, -0.25) is 9.59 Å². The third-order valence-electron chi connectivity index (χ3n) is 2.65. The molecule has 0 aliphatic rings. The van der Waals surface area contributed by atoms with E-state index in [2.05, 4.69) is 17.6 Å². The second kappa shape index (κ2) is 9.09. The third kappa shape index (κ3) is 6.89. The van der Waals surface area contributed by atoms with E-state index < -0.39 is 0 Å². The summed E-state index contributed by atoms with van der Waals surface area (Å²) in [6.07, 6.45) is 1.97. The summed E-state index contributed by atoms with van der Waals surface area (Å²) in [5.74, 6) is -0.461. The van der Waals surface area contributed by atoms with Crippen LogP contribution in [0.15, 0.2) is 24.3 Å². The summed E-state index contributed by atoms with van der Waals surface area (Å²) in [5, 5.41) is 5.42. The molecule has 110 valence electrons. The molecule has 0 radical (unpaired) electrons. The van der Waals surface area contributed by atoms with Crippen molar-refractivity contribution in [3.63, 3.8) is 0 Å². The molecular weight excluding hydrogens is 256 g/mol. The SMILES string of the molecule is CCCCNC(=O)COCC(=O)Nc1ccc(C)cc1. The van der Waals surface area contributed by atoms with E-state index in [1.54, 1.807) is 0 Å². The lowest BCUT2D eigenvalue weighted by molar-refractivity contribution is -0.128. The quantitative estimate of drug-likeness (QED) is 0.713. The molecule has 0 bridgehead atoms. The summed E-state index contributed by atoms with van der Waals surface area (Å²) in [5.41, 5.74) is 1.85. The second-order valence-electron chi connectivity index (χ2n) is 4.61. The van der Waals surface area contributed by atoms with Crippen LogP contribution in [0.5, 0.6) is 0 Å². The molecule has 1 aromatic carbocycles. The normalized spacial score (nSPS) is 10.1. The predicted molar refractivity (Wildman–Crippen MR) is 78.5 cm³/mol. The highest BCUT2D eigenvalue weighted by atomic mass is 16.5. The van der Waals surface area contributed by atoms with Crippen molar-refractivity contribution in [3.05, 3.63) is 29.8 Å². The molecular formula is C15H22N2O3. The minimum atomic E-state index is -0.268. The molecule has 20 heavy (non-hydrogen) atoms. The van der Waals surface area contributed by atoms with Gasteiger partial charge in [-0.15, -0.1) is 0 Å². The summed E-state index contributed by atoms with van der Waals surface area (Å²) in [7, 11) is 0. The minimum Gasteiger partial charge on any atom is -0.362 e. The number of hydrogen-bond donors (Lipinski definition) is 2. The summed E-state index contributed by atoms with van der Waals surface area (Å²) in [6, 6.07) is 7.48. The van der Waals surface area contributed by atoms with Crippen molar-refractivity contribution in [2.75, 3.05) is 25.1 Å². The van der Waals surface area contributed by atoms with Gasteiger partial charge in [0.05, 0.1) is 0 Å². The Morgan fingerprint density at radius 2 is 1.75 bits per heavy atom. The number of anilines is 1. The molecule has 0 atom stereocenters. The van der Waals surface area contributed by atoms with Gasteiger partial charge in [0.25, 0.3) is 0 Å². The fourth-order valence-corrected chi connectivity index (χ4v) is 1.53. The van der Waals surface area contributed by atoms with Crippen LogP contribution in [-0.4, -0.2) is 31.6 Å². The Balaban J connectivity index is 2.17. The first-order chi connectivity index (χ1) is 9.61. The molecule has 5 heteroatoms. The zero-order chi connectivity index (χ0) is 14.8. The van der Waals surface area contributed by atoms with Gasteiger partial charge in [0.15, 0.2) is 0 Å². The van der Waals surface area contributed by atoms with Gasteiger partial charge in [-0.1, -0.05) is 31.0 Å². The highest BCUT2D eigenvalue weighted by Crippen LogP contribution is 2.08. The van der Waals surface area contributed by atoms with E-state index >= 15 is 0 Å². The van der Waals surface area contributed by atoms with E-state index in [0.717, 1.165) is 24.1 Å². The van der Waals surface area contributed by atoms with Crippen molar-refractivity contribution < 1.29 is 14.3 Å². The maximum absolute atomic E-state index is 11.6. The van der Waals surface area contributed by atoms with E-state index in [1.807, 2.05) is 31.2 Å². The zero-order valence-corrected chi connectivity index (χ0v) is 12.1. The lowest BCUT2D eigenvalue weighted by Gasteiger charge is -2.07. The van der Waals surface area contributed by atoms with Crippen molar-refractivity contribution in [1.82, 2.24) is 5.32 Å². The number of nitrogens with one attached hydrogen (secondary N) is 2. The first-order valence-electron chi connectivity index (χ1n) is 6.82. The molecule has 0 saturated carbocycles. The maximum Gasteiger partial charge on any atom is 0.250 e.